The van der Waals surface area contributed by atoms with Gasteiger partial charge in [-0.1, -0.05) is 12.1 Å². The van der Waals surface area contributed by atoms with E-state index in [9.17, 15) is 23.2 Å². The van der Waals surface area contributed by atoms with Crippen molar-refractivity contribution in [2.24, 2.45) is 5.73 Å². The van der Waals surface area contributed by atoms with Gasteiger partial charge in [-0.2, -0.15) is 14.0 Å². The first-order valence-electron chi connectivity index (χ1n) is 7.50. The zero-order valence-electron chi connectivity index (χ0n) is 13.9. The fourth-order valence-electron chi connectivity index (χ4n) is 2.60. The van der Waals surface area contributed by atoms with Crippen molar-refractivity contribution in [1.29, 1.82) is 5.26 Å². The van der Waals surface area contributed by atoms with Crippen molar-refractivity contribution in [2.75, 3.05) is 6.61 Å². The second-order valence-electron chi connectivity index (χ2n) is 5.15. The first kappa shape index (κ1) is 19.2. The lowest BCUT2D eigenvalue weighted by Crippen LogP contribution is -2.26. The first-order valence-corrected chi connectivity index (χ1v) is 7.50. The van der Waals surface area contributed by atoms with Crippen LogP contribution in [0, 0.1) is 17.1 Å². The van der Waals surface area contributed by atoms with E-state index in [2.05, 4.69) is 4.74 Å². The largest absolute Gasteiger partial charge is 0.463 e. The van der Waals surface area contributed by atoms with E-state index in [1.807, 2.05) is 0 Å². The van der Waals surface area contributed by atoms with Gasteiger partial charge in [0.1, 0.15) is 17.4 Å². The van der Waals surface area contributed by atoms with Gasteiger partial charge in [0.25, 0.3) is 0 Å². The molecule has 1 unspecified atom stereocenters. The number of carbonyl (C=O) groups excluding carboxylic acids is 1. The van der Waals surface area contributed by atoms with Crippen molar-refractivity contribution < 1.29 is 32.2 Å². The molecule has 0 aromatic heterocycles. The number of alkyl halides is 2. The molecule has 1 aliphatic rings. The Kier molecular flexibility index (Phi) is 5.77. The average molecular weight is 368 g/mol. The zero-order valence-corrected chi connectivity index (χ0v) is 13.9. The maximum absolute atomic E-state index is 14.8. The molecular weight excluding hydrogens is 353 g/mol. The van der Waals surface area contributed by atoms with E-state index in [-0.39, 0.29) is 35.0 Å². The third-order valence-corrected chi connectivity index (χ3v) is 3.62. The minimum Gasteiger partial charge on any atom is -0.463 e. The molecule has 0 fully saturated rings. The lowest BCUT2D eigenvalue weighted by atomic mass is 9.82. The fourth-order valence-corrected chi connectivity index (χ4v) is 2.60. The van der Waals surface area contributed by atoms with Gasteiger partial charge in [0.05, 0.1) is 18.1 Å². The summed E-state index contributed by atoms with van der Waals surface area (Å²) in [6.45, 7) is -0.246. The molecule has 1 aromatic rings. The van der Waals surface area contributed by atoms with Gasteiger partial charge in [0, 0.05) is 5.56 Å². The fraction of sp³-hybridized carbons (Fsp3) is 0.294. The number of ether oxygens (including phenoxy) is 3. The molecule has 26 heavy (non-hydrogen) atoms. The van der Waals surface area contributed by atoms with E-state index in [1.165, 1.54) is 19.1 Å². The summed E-state index contributed by atoms with van der Waals surface area (Å²) in [4.78, 5) is 12.3. The quantitative estimate of drug-likeness (QED) is 0.803. The second kappa shape index (κ2) is 7.82. The van der Waals surface area contributed by atoms with Crippen molar-refractivity contribution in [3.63, 3.8) is 0 Å². The molecule has 2 N–H and O–H groups in total. The molecule has 0 radical (unpaired) electrons. The average Bonchev–Trinajstić information content (AvgIpc) is 2.56. The van der Waals surface area contributed by atoms with Crippen LogP contribution in [0.2, 0.25) is 0 Å². The van der Waals surface area contributed by atoms with Crippen molar-refractivity contribution in [3.05, 3.63) is 52.4 Å². The van der Waals surface area contributed by atoms with Gasteiger partial charge in [-0.15, -0.1) is 0 Å². The summed E-state index contributed by atoms with van der Waals surface area (Å²) in [7, 11) is 0. The molecule has 1 heterocycles. The summed E-state index contributed by atoms with van der Waals surface area (Å²) in [5, 5.41) is 9.40. The lowest BCUT2D eigenvalue weighted by molar-refractivity contribution is -0.139. The Balaban J connectivity index is 2.66. The van der Waals surface area contributed by atoms with Crippen molar-refractivity contribution in [2.45, 2.75) is 26.4 Å². The number of halogens is 3. The van der Waals surface area contributed by atoms with E-state index in [1.54, 1.807) is 13.0 Å². The Hall–Kier alpha value is -3.15. The second-order valence-corrected chi connectivity index (χ2v) is 5.15. The van der Waals surface area contributed by atoms with Crippen molar-refractivity contribution >= 4 is 5.97 Å². The predicted octanol–water partition coefficient (Wildman–Crippen LogP) is 3.07. The van der Waals surface area contributed by atoms with Crippen LogP contribution in [-0.2, 0) is 14.3 Å². The number of nitriles is 1. The van der Waals surface area contributed by atoms with Gasteiger partial charge < -0.3 is 19.9 Å². The first-order chi connectivity index (χ1) is 12.3. The number of nitrogens with two attached hydrogens (primary N) is 1. The van der Waals surface area contributed by atoms with Gasteiger partial charge >= 0.3 is 12.6 Å². The molecule has 1 atom stereocenters. The van der Waals surface area contributed by atoms with E-state index < -0.39 is 30.1 Å². The molecule has 0 amide bonds. The molecule has 138 valence electrons. The van der Waals surface area contributed by atoms with Gasteiger partial charge in [0.2, 0.25) is 5.88 Å². The van der Waals surface area contributed by atoms with Crippen LogP contribution in [0.15, 0.2) is 41.0 Å². The standard InChI is InChI=1S/C17H15F3N2O4/c1-3-24-16(23)12-8(2)25-15(22)10(7-21)13(12)9-5-4-6-11(14(9)18)26-17(19)20/h4-6,13,17H,3,22H2,1-2H3. The maximum atomic E-state index is 14.8. The highest BCUT2D eigenvalue weighted by atomic mass is 19.3. The Morgan fingerprint density at radius 2 is 2.15 bits per heavy atom. The molecule has 2 rings (SSSR count). The normalized spacial score (nSPS) is 17.0. The number of hydrogen-bond acceptors (Lipinski definition) is 6. The van der Waals surface area contributed by atoms with Crippen LogP contribution in [-0.4, -0.2) is 19.2 Å². The number of esters is 1. The van der Waals surface area contributed by atoms with Gasteiger partial charge in [-0.25, -0.2) is 9.18 Å². The highest BCUT2D eigenvalue weighted by Crippen LogP contribution is 2.42. The summed E-state index contributed by atoms with van der Waals surface area (Å²) in [6.07, 6.45) is 0. The molecule has 0 bridgehead atoms. The number of rotatable bonds is 5. The van der Waals surface area contributed by atoms with Crippen molar-refractivity contribution in [1.82, 2.24) is 0 Å². The Labute approximate surface area is 147 Å². The molecule has 0 aliphatic carbocycles. The molecule has 1 aromatic carbocycles. The molecule has 0 saturated heterocycles. The van der Waals surface area contributed by atoms with Crippen LogP contribution < -0.4 is 10.5 Å². The minimum absolute atomic E-state index is 0.0181. The third-order valence-electron chi connectivity index (χ3n) is 3.62. The Morgan fingerprint density at radius 1 is 1.46 bits per heavy atom. The van der Waals surface area contributed by atoms with E-state index in [0.717, 1.165) is 6.07 Å². The molecular formula is C17H15F3N2O4. The molecule has 6 nitrogen and oxygen atoms in total. The van der Waals surface area contributed by atoms with Crippen LogP contribution in [0.25, 0.3) is 0 Å². The topological polar surface area (TPSA) is 94.6 Å². The summed E-state index contributed by atoms with van der Waals surface area (Å²) >= 11 is 0. The van der Waals surface area contributed by atoms with E-state index in [0.29, 0.717) is 0 Å². The summed E-state index contributed by atoms with van der Waals surface area (Å²) < 4.78 is 54.0. The SMILES string of the molecule is CCOC(=O)C1=C(C)OC(N)=C(C#N)C1c1cccc(OC(F)F)c1F. The van der Waals surface area contributed by atoms with E-state index >= 15 is 0 Å². The van der Waals surface area contributed by atoms with Crippen molar-refractivity contribution in [3.8, 4) is 11.8 Å². The lowest BCUT2D eigenvalue weighted by Gasteiger charge is -2.27. The van der Waals surface area contributed by atoms with Gasteiger partial charge in [-0.3, -0.25) is 0 Å². The maximum Gasteiger partial charge on any atom is 0.387 e. The highest BCUT2D eigenvalue weighted by Gasteiger charge is 2.38. The highest BCUT2D eigenvalue weighted by molar-refractivity contribution is 5.92. The van der Waals surface area contributed by atoms with Crippen LogP contribution in [0.3, 0.4) is 0 Å². The van der Waals surface area contributed by atoms with Crippen LogP contribution >= 0.6 is 0 Å². The summed E-state index contributed by atoms with van der Waals surface area (Å²) in [5.74, 6) is -4.29. The van der Waals surface area contributed by atoms with Gasteiger partial charge in [-0.05, 0) is 19.9 Å². The monoisotopic (exact) mass is 368 g/mol. The number of nitrogens with zero attached hydrogens (tertiary/aromatic N) is 1. The smallest absolute Gasteiger partial charge is 0.387 e. The number of benzene rings is 1. The number of allylic oxidation sites excluding steroid dienone is 2. The summed E-state index contributed by atoms with van der Waals surface area (Å²) in [5.41, 5.74) is 5.05. The molecule has 0 saturated carbocycles. The van der Waals surface area contributed by atoms with E-state index in [4.69, 9.17) is 15.2 Å². The molecule has 1 aliphatic heterocycles. The Bertz CT molecular complexity index is 828. The zero-order chi connectivity index (χ0) is 19.4. The molecule has 9 heteroatoms. The van der Waals surface area contributed by atoms with Crippen LogP contribution in [0.1, 0.15) is 25.3 Å². The Morgan fingerprint density at radius 3 is 2.73 bits per heavy atom. The van der Waals surface area contributed by atoms with Crippen LogP contribution in [0.5, 0.6) is 5.75 Å². The molecule has 0 spiro atoms. The predicted molar refractivity (Wildman–Crippen MR) is 83.0 cm³/mol. The van der Waals surface area contributed by atoms with Crippen LogP contribution in [0.4, 0.5) is 13.2 Å². The number of hydrogen-bond donors (Lipinski definition) is 1. The summed E-state index contributed by atoms with van der Waals surface area (Å²) in [6, 6.07) is 5.27. The van der Waals surface area contributed by atoms with Gasteiger partial charge in [0.15, 0.2) is 11.6 Å². The number of carbonyl (C=O) groups is 1. The minimum atomic E-state index is -3.24. The third kappa shape index (κ3) is 3.59.